The van der Waals surface area contributed by atoms with Crippen molar-refractivity contribution in [2.45, 2.75) is 18.4 Å². The van der Waals surface area contributed by atoms with Gasteiger partial charge < -0.3 is 44.6 Å². The number of aliphatic hydroxyl groups is 1. The summed E-state index contributed by atoms with van der Waals surface area (Å²) in [7, 11) is -11.0. The molecule has 0 radical (unpaired) electrons. The molecule has 0 aliphatic heterocycles. The molecule has 0 heterocycles. The Hall–Kier alpha value is 0.149. The van der Waals surface area contributed by atoms with Gasteiger partial charge in [-0.25, -0.2) is 4.79 Å². The predicted octanol–water partition coefficient (Wildman–Crippen LogP) is -6.95. The van der Waals surface area contributed by atoms with Crippen molar-refractivity contribution in [2.24, 2.45) is 0 Å². The van der Waals surface area contributed by atoms with Crippen molar-refractivity contribution in [3.05, 3.63) is 0 Å². The molecular weight excluding hydrogens is 437 g/mol. The fraction of sp³-hybridized carbons (Fsp3) is 0.500. The van der Waals surface area contributed by atoms with Gasteiger partial charge in [0.25, 0.3) is 7.82 Å². The fourth-order valence-corrected chi connectivity index (χ4v) is 1.85. The first kappa shape index (κ1) is 31.9. The molecule has 0 amide bonds. The van der Waals surface area contributed by atoms with Crippen LogP contribution in [0.25, 0.3) is 0 Å². The first-order chi connectivity index (χ1) is 9.48. The number of hydrogen-bond donors (Lipinski definition) is 5. The minimum atomic E-state index is -5.61. The van der Waals surface area contributed by atoms with E-state index in [1.165, 1.54) is 0 Å². The molecule has 1 atom stereocenters. The Kier molecular flexibility index (Phi) is 16.6. The number of carboxylic acids is 3. The van der Waals surface area contributed by atoms with Crippen molar-refractivity contribution in [1.29, 1.82) is 0 Å². The molecule has 0 bridgehead atoms. The molecule has 0 aromatic carbocycles. The summed E-state index contributed by atoms with van der Waals surface area (Å²) in [4.78, 5) is 66.2. The van der Waals surface area contributed by atoms with Gasteiger partial charge in [-0.15, -0.1) is 0 Å². The van der Waals surface area contributed by atoms with Crippen molar-refractivity contribution in [1.82, 2.24) is 0 Å². The van der Waals surface area contributed by atoms with Gasteiger partial charge in [0, 0.05) is 0 Å². The molecule has 14 nitrogen and oxygen atoms in total. The summed E-state index contributed by atoms with van der Waals surface area (Å²) in [5.41, 5.74) is -2.74. The second kappa shape index (κ2) is 12.5. The zero-order chi connectivity index (χ0) is 18.4. The minimum Gasteiger partial charge on any atom is -0.790 e. The number of phosphoric acid groups is 2. The van der Waals surface area contributed by atoms with Crippen LogP contribution in [0.1, 0.15) is 12.8 Å². The Morgan fingerprint density at radius 2 is 1.25 bits per heavy atom. The van der Waals surface area contributed by atoms with E-state index in [1.807, 2.05) is 0 Å². The van der Waals surface area contributed by atoms with Crippen molar-refractivity contribution >= 4 is 33.6 Å². The van der Waals surface area contributed by atoms with Gasteiger partial charge in [0.15, 0.2) is 5.60 Å². The van der Waals surface area contributed by atoms with Crippen molar-refractivity contribution in [2.75, 3.05) is 0 Å². The van der Waals surface area contributed by atoms with Crippen LogP contribution in [-0.4, -0.2) is 48.8 Å². The largest absolute Gasteiger partial charge is 2.00 e. The molecule has 0 spiro atoms. The normalized spacial score (nSPS) is 13.0. The zero-order valence-corrected chi connectivity index (χ0v) is 16.5. The Labute approximate surface area is 166 Å². The van der Waals surface area contributed by atoms with E-state index in [9.17, 15) is 38.2 Å². The van der Waals surface area contributed by atoms with Crippen LogP contribution in [0.15, 0.2) is 0 Å². The standard InChI is InChI=1S/C6H8O7.Fe.Na.H4O7P2/c7-3(8)1-6(13,5(11)12)2-4(9)10;;;1-8(2,3)7-9(4,5)6/h13H,1-2H2,(H,7,8)(H,9,10)(H,11,12);;;(H2,1,2,3)(H2,4,5,6)/q;+2;+1;/p-3. The van der Waals surface area contributed by atoms with E-state index in [1.54, 1.807) is 0 Å². The molecule has 0 saturated heterocycles. The van der Waals surface area contributed by atoms with Crippen molar-refractivity contribution in [3.8, 4) is 0 Å². The predicted molar refractivity (Wildman–Crippen MR) is 55.6 cm³/mol. The van der Waals surface area contributed by atoms with Crippen LogP contribution in [0.3, 0.4) is 0 Å². The third-order valence-electron chi connectivity index (χ3n) is 1.49. The van der Waals surface area contributed by atoms with Gasteiger partial charge in [0.2, 0.25) is 0 Å². The van der Waals surface area contributed by atoms with E-state index in [4.69, 9.17) is 25.3 Å². The molecule has 24 heavy (non-hydrogen) atoms. The molecule has 0 aliphatic carbocycles. The molecule has 0 fully saturated rings. The third kappa shape index (κ3) is 20.2. The van der Waals surface area contributed by atoms with E-state index < -0.39 is 52.0 Å². The van der Waals surface area contributed by atoms with Crippen LogP contribution in [0.4, 0.5) is 0 Å². The quantitative estimate of drug-likeness (QED) is 0.180. The van der Waals surface area contributed by atoms with E-state index in [2.05, 4.69) is 4.31 Å². The summed E-state index contributed by atoms with van der Waals surface area (Å²) in [5.74, 6) is -5.02. The summed E-state index contributed by atoms with van der Waals surface area (Å²) in [5, 5.41) is 33.8. The molecular formula is C6H9FeNaO14P2. The zero-order valence-electron chi connectivity index (χ0n) is 11.6. The first-order valence-electron chi connectivity index (χ1n) is 4.65. The molecule has 0 aromatic heterocycles. The van der Waals surface area contributed by atoms with Gasteiger partial charge in [-0.2, -0.15) is 0 Å². The Balaban J connectivity index is -0.000000162. The van der Waals surface area contributed by atoms with Crippen LogP contribution >= 0.6 is 15.6 Å². The fourth-order valence-electron chi connectivity index (χ4n) is 0.840. The van der Waals surface area contributed by atoms with Gasteiger partial charge in [-0.3, -0.25) is 18.5 Å². The number of rotatable bonds is 7. The summed E-state index contributed by atoms with van der Waals surface area (Å²) in [6.45, 7) is 0. The first-order valence-corrected chi connectivity index (χ1v) is 7.61. The van der Waals surface area contributed by atoms with Gasteiger partial charge in [0.1, 0.15) is 0 Å². The van der Waals surface area contributed by atoms with Crippen LogP contribution in [0, 0.1) is 0 Å². The number of hydrogen-bond acceptors (Lipinski definition) is 10. The van der Waals surface area contributed by atoms with Crippen LogP contribution in [0.2, 0.25) is 0 Å². The average molecular weight is 446 g/mol. The van der Waals surface area contributed by atoms with Crippen LogP contribution in [-0.2, 0) is 44.9 Å². The Morgan fingerprint density at radius 3 is 1.33 bits per heavy atom. The van der Waals surface area contributed by atoms with E-state index in [-0.39, 0.29) is 46.6 Å². The maximum absolute atomic E-state index is 10.3. The monoisotopic (exact) mass is 446 g/mol. The minimum absolute atomic E-state index is 0. The topological polar surface area (TPSA) is 265 Å². The third-order valence-corrected chi connectivity index (χ3v) is 3.11. The number of aliphatic carboxylic acids is 3. The van der Waals surface area contributed by atoms with E-state index in [0.717, 1.165) is 0 Å². The molecule has 0 rings (SSSR count). The maximum Gasteiger partial charge on any atom is 2.00 e. The molecule has 136 valence electrons. The summed E-state index contributed by atoms with van der Waals surface area (Å²) < 4.78 is 21.4. The van der Waals surface area contributed by atoms with Gasteiger partial charge in [-0.05, 0) is 0 Å². The van der Waals surface area contributed by atoms with Gasteiger partial charge >= 0.3 is 64.5 Å². The smallest absolute Gasteiger partial charge is 0.790 e. The second-order valence-electron chi connectivity index (χ2n) is 3.48. The van der Waals surface area contributed by atoms with Crippen molar-refractivity contribution < 1.29 is 114 Å². The second-order valence-corrected chi connectivity index (χ2v) is 5.96. The summed E-state index contributed by atoms with van der Waals surface area (Å²) in [6, 6.07) is 0. The molecule has 0 aromatic rings. The number of carbonyl (C=O) groups is 3. The molecule has 18 heteroatoms. The van der Waals surface area contributed by atoms with Crippen LogP contribution in [0.5, 0.6) is 0 Å². The molecule has 0 aliphatic rings. The Morgan fingerprint density at radius 1 is 0.958 bits per heavy atom. The van der Waals surface area contributed by atoms with E-state index in [0.29, 0.717) is 0 Å². The maximum atomic E-state index is 10.3. The number of carboxylic acid groups (broad SMARTS) is 3. The SMILES string of the molecule is O=C(O)CC(O)(CC(=O)O)C(=O)O.O=P([O-])([O-])OP(=O)([O-])O.[Fe+2].[Na+]. The van der Waals surface area contributed by atoms with Gasteiger partial charge in [-0.1, -0.05) is 0 Å². The average Bonchev–Trinajstić information content (AvgIpc) is 2.08. The summed E-state index contributed by atoms with van der Waals surface area (Å²) in [6.07, 6.45) is -2.29. The van der Waals surface area contributed by atoms with Crippen LogP contribution < -0.4 is 44.2 Å². The van der Waals surface area contributed by atoms with Gasteiger partial charge in [0.05, 0.1) is 20.7 Å². The summed E-state index contributed by atoms with van der Waals surface area (Å²) >= 11 is 0. The van der Waals surface area contributed by atoms with Crippen molar-refractivity contribution in [3.63, 3.8) is 0 Å². The molecule has 5 N–H and O–H groups in total. The molecule has 1 unspecified atom stereocenters. The van der Waals surface area contributed by atoms with E-state index >= 15 is 0 Å². The Bertz CT molecular complexity index is 487. The molecule has 0 saturated carbocycles.